The van der Waals surface area contributed by atoms with Crippen LogP contribution in [0.1, 0.15) is 49.7 Å². The van der Waals surface area contributed by atoms with Crippen molar-refractivity contribution in [1.82, 2.24) is 19.7 Å². The van der Waals surface area contributed by atoms with Gasteiger partial charge in [-0.3, -0.25) is 4.79 Å². The number of ether oxygens (including phenoxy) is 1. The number of aryl methyl sites for hydroxylation is 1. The topological polar surface area (TPSA) is 86.3 Å². The van der Waals surface area contributed by atoms with Gasteiger partial charge in [0.1, 0.15) is 17.7 Å². The molecule has 1 aromatic rings. The smallest absolute Gasteiger partial charge is 0.241 e. The summed E-state index contributed by atoms with van der Waals surface area (Å²) in [5.74, 6) is 2.41. The van der Waals surface area contributed by atoms with Gasteiger partial charge in [0, 0.05) is 39.1 Å². The Morgan fingerprint density at radius 2 is 2.12 bits per heavy atom. The van der Waals surface area contributed by atoms with Crippen LogP contribution in [-0.4, -0.2) is 58.4 Å². The zero-order valence-electron chi connectivity index (χ0n) is 14.3. The Balaban J connectivity index is 0.00000208. The quantitative estimate of drug-likeness (QED) is 0.872. The molecule has 2 N–H and O–H groups in total. The maximum Gasteiger partial charge on any atom is 0.241 e. The van der Waals surface area contributed by atoms with Crippen LogP contribution in [0.3, 0.4) is 0 Å². The highest BCUT2D eigenvalue weighted by atomic mass is 35.5. The van der Waals surface area contributed by atoms with Gasteiger partial charge in [0.2, 0.25) is 5.91 Å². The molecule has 1 saturated heterocycles. The fourth-order valence-electron chi connectivity index (χ4n) is 3.68. The predicted octanol–water partition coefficient (Wildman–Crippen LogP) is 1.11. The van der Waals surface area contributed by atoms with Crippen LogP contribution in [0.5, 0.6) is 0 Å². The number of likely N-dealkylation sites (tertiary alicyclic amines) is 1. The highest BCUT2D eigenvalue weighted by Gasteiger charge is 2.31. The molecule has 0 aliphatic carbocycles. The van der Waals surface area contributed by atoms with Crippen LogP contribution in [0.15, 0.2) is 0 Å². The van der Waals surface area contributed by atoms with Crippen molar-refractivity contribution in [3.8, 4) is 0 Å². The summed E-state index contributed by atoms with van der Waals surface area (Å²) in [5.41, 5.74) is 5.90. The van der Waals surface area contributed by atoms with Crippen molar-refractivity contribution in [2.24, 2.45) is 5.73 Å². The van der Waals surface area contributed by atoms with E-state index in [9.17, 15) is 4.79 Å². The number of piperidine rings is 1. The van der Waals surface area contributed by atoms with Gasteiger partial charge in [0.05, 0.1) is 6.61 Å². The first kappa shape index (κ1) is 19.1. The molecule has 2 unspecified atom stereocenters. The molecule has 3 heterocycles. The van der Waals surface area contributed by atoms with E-state index in [2.05, 4.69) is 14.8 Å². The molecule has 3 rings (SSSR count). The molecule has 1 fully saturated rings. The number of aromatic nitrogens is 3. The van der Waals surface area contributed by atoms with Gasteiger partial charge in [-0.2, -0.15) is 0 Å². The maximum atomic E-state index is 12.4. The number of carbonyl (C=O) groups excluding carboxylic acids is 1. The fourth-order valence-corrected chi connectivity index (χ4v) is 3.68. The summed E-state index contributed by atoms with van der Waals surface area (Å²) >= 11 is 0. The Bertz CT molecular complexity index is 551. The molecular formula is C16H28ClN5O2. The molecule has 2 aliphatic rings. The summed E-state index contributed by atoms with van der Waals surface area (Å²) in [6, 6.07) is -0.575. The van der Waals surface area contributed by atoms with Crippen LogP contribution in [0.2, 0.25) is 0 Å². The third-order valence-electron chi connectivity index (χ3n) is 4.90. The van der Waals surface area contributed by atoms with Gasteiger partial charge in [-0.05, 0) is 25.7 Å². The van der Waals surface area contributed by atoms with E-state index >= 15 is 0 Å². The van der Waals surface area contributed by atoms with E-state index in [0.29, 0.717) is 6.54 Å². The first-order valence-electron chi connectivity index (χ1n) is 8.66. The molecule has 0 radical (unpaired) electrons. The van der Waals surface area contributed by atoms with Crippen LogP contribution in [-0.2, 0) is 22.5 Å². The van der Waals surface area contributed by atoms with Gasteiger partial charge in [0.15, 0.2) is 0 Å². The largest absolute Gasteiger partial charge is 0.383 e. The highest BCUT2D eigenvalue weighted by Crippen LogP contribution is 2.28. The number of hydrogen-bond acceptors (Lipinski definition) is 5. The number of hydrogen-bond donors (Lipinski definition) is 1. The van der Waals surface area contributed by atoms with Crippen molar-refractivity contribution in [3.63, 3.8) is 0 Å². The summed E-state index contributed by atoms with van der Waals surface area (Å²) < 4.78 is 7.30. The monoisotopic (exact) mass is 357 g/mol. The summed E-state index contributed by atoms with van der Waals surface area (Å²) in [5, 5.41) is 8.85. The first-order chi connectivity index (χ1) is 11.2. The summed E-state index contributed by atoms with van der Waals surface area (Å²) in [4.78, 5) is 14.3. The number of halogens is 1. The second-order valence-corrected chi connectivity index (χ2v) is 6.62. The highest BCUT2D eigenvalue weighted by molar-refractivity contribution is 5.85. The standard InChI is InChI=1S/C16H27N5O2.ClH/c1-23-11-13(17)16(22)20-8-5-6-12(10-20)15-19-18-14-7-3-2-4-9-21(14)15;/h12-13H,2-11,17H2,1H3;1H. The zero-order chi connectivity index (χ0) is 16.2. The molecular weight excluding hydrogens is 330 g/mol. The molecule has 2 atom stereocenters. The van der Waals surface area contributed by atoms with Crippen molar-refractivity contribution in [3.05, 3.63) is 11.6 Å². The first-order valence-corrected chi connectivity index (χ1v) is 8.66. The Morgan fingerprint density at radius 3 is 2.92 bits per heavy atom. The molecule has 1 amide bonds. The Labute approximate surface area is 149 Å². The van der Waals surface area contributed by atoms with Crippen molar-refractivity contribution in [2.75, 3.05) is 26.8 Å². The van der Waals surface area contributed by atoms with E-state index in [1.807, 2.05) is 4.90 Å². The zero-order valence-corrected chi connectivity index (χ0v) is 15.1. The lowest BCUT2D eigenvalue weighted by atomic mass is 9.96. The van der Waals surface area contributed by atoms with Crippen LogP contribution in [0, 0.1) is 0 Å². The van der Waals surface area contributed by atoms with E-state index < -0.39 is 6.04 Å². The fraction of sp³-hybridized carbons (Fsp3) is 0.812. The van der Waals surface area contributed by atoms with Crippen molar-refractivity contribution in [2.45, 2.75) is 57.0 Å². The molecule has 0 bridgehead atoms. The lowest BCUT2D eigenvalue weighted by Gasteiger charge is -2.33. The third kappa shape index (κ3) is 4.07. The number of amides is 1. The molecule has 0 saturated carbocycles. The SMILES string of the molecule is COCC(N)C(=O)N1CCCC(c2nnc3n2CCCCC3)C1.Cl. The summed E-state index contributed by atoms with van der Waals surface area (Å²) in [6.45, 7) is 2.73. The molecule has 2 aliphatic heterocycles. The van der Waals surface area contributed by atoms with Crippen LogP contribution >= 0.6 is 12.4 Å². The second kappa shape index (κ2) is 8.78. The number of nitrogens with zero attached hydrogens (tertiary/aromatic N) is 4. The third-order valence-corrected chi connectivity index (χ3v) is 4.90. The molecule has 136 valence electrons. The predicted molar refractivity (Wildman–Crippen MR) is 93.2 cm³/mol. The van der Waals surface area contributed by atoms with E-state index in [1.165, 1.54) is 19.3 Å². The van der Waals surface area contributed by atoms with Crippen LogP contribution in [0.4, 0.5) is 0 Å². The maximum absolute atomic E-state index is 12.4. The van der Waals surface area contributed by atoms with Crippen LogP contribution in [0.25, 0.3) is 0 Å². The van der Waals surface area contributed by atoms with E-state index in [4.69, 9.17) is 10.5 Å². The number of methoxy groups -OCH3 is 1. The van der Waals surface area contributed by atoms with Gasteiger partial charge < -0.3 is 19.9 Å². The Kier molecular flexibility index (Phi) is 7.01. The summed E-state index contributed by atoms with van der Waals surface area (Å²) in [6.07, 6.45) is 6.69. The summed E-state index contributed by atoms with van der Waals surface area (Å²) in [7, 11) is 1.57. The minimum Gasteiger partial charge on any atom is -0.383 e. The molecule has 0 spiro atoms. The van der Waals surface area contributed by atoms with Crippen LogP contribution < -0.4 is 5.73 Å². The number of nitrogens with two attached hydrogens (primary N) is 1. The number of carbonyl (C=O) groups is 1. The van der Waals surface area contributed by atoms with Gasteiger partial charge in [-0.15, -0.1) is 22.6 Å². The molecule has 24 heavy (non-hydrogen) atoms. The van der Waals surface area contributed by atoms with Crippen molar-refractivity contribution in [1.29, 1.82) is 0 Å². The van der Waals surface area contributed by atoms with E-state index in [-0.39, 0.29) is 30.8 Å². The van der Waals surface area contributed by atoms with E-state index in [1.54, 1.807) is 7.11 Å². The lowest BCUT2D eigenvalue weighted by molar-refractivity contribution is -0.135. The lowest BCUT2D eigenvalue weighted by Crippen LogP contribution is -2.49. The average molecular weight is 358 g/mol. The minimum absolute atomic E-state index is 0. The van der Waals surface area contributed by atoms with Gasteiger partial charge in [-0.25, -0.2) is 0 Å². The van der Waals surface area contributed by atoms with Crippen molar-refractivity contribution >= 4 is 18.3 Å². The molecule has 7 nitrogen and oxygen atoms in total. The van der Waals surface area contributed by atoms with Gasteiger partial charge in [-0.1, -0.05) is 6.42 Å². The molecule has 0 aromatic carbocycles. The number of fused-ring (bicyclic) bond motifs is 1. The second-order valence-electron chi connectivity index (χ2n) is 6.62. The molecule has 8 heteroatoms. The van der Waals surface area contributed by atoms with E-state index in [0.717, 1.165) is 44.0 Å². The molecule has 1 aromatic heterocycles. The Hall–Kier alpha value is -1.18. The van der Waals surface area contributed by atoms with Gasteiger partial charge >= 0.3 is 0 Å². The van der Waals surface area contributed by atoms with Crippen molar-refractivity contribution < 1.29 is 9.53 Å². The minimum atomic E-state index is -0.575. The Morgan fingerprint density at radius 1 is 1.29 bits per heavy atom. The normalized spacial score (nSPS) is 22.2. The number of rotatable bonds is 4. The average Bonchev–Trinajstić information content (AvgIpc) is 2.83. The van der Waals surface area contributed by atoms with Gasteiger partial charge in [0.25, 0.3) is 0 Å².